The Kier molecular flexibility index (Phi) is 4.27. The van der Waals surface area contributed by atoms with Crippen LogP contribution in [0.15, 0.2) is 29.5 Å². The molecule has 1 aliphatic carbocycles. The molecular formula is C21H20F2N4O4. The number of hydrogen-bond donors (Lipinski definition) is 1. The van der Waals surface area contributed by atoms with Gasteiger partial charge in [0, 0.05) is 17.8 Å². The van der Waals surface area contributed by atoms with Crippen LogP contribution in [0.25, 0.3) is 0 Å². The number of hydrogen-bond acceptors (Lipinski definition) is 5. The summed E-state index contributed by atoms with van der Waals surface area (Å²) in [5.74, 6) is -3.11. The Bertz CT molecular complexity index is 1160. The van der Waals surface area contributed by atoms with Crippen molar-refractivity contribution in [2.75, 3.05) is 6.61 Å². The third-order valence-corrected chi connectivity index (χ3v) is 6.71. The number of amides is 2. The van der Waals surface area contributed by atoms with Gasteiger partial charge >= 0.3 is 0 Å². The lowest BCUT2D eigenvalue weighted by molar-refractivity contribution is -0.106. The predicted molar refractivity (Wildman–Crippen MR) is 103 cm³/mol. The average molecular weight is 430 g/mol. The quantitative estimate of drug-likeness (QED) is 0.792. The highest BCUT2D eigenvalue weighted by atomic mass is 19.1. The number of primary amides is 1. The molecule has 2 fully saturated rings. The maximum atomic E-state index is 14.3. The third-order valence-electron chi connectivity index (χ3n) is 6.71. The van der Waals surface area contributed by atoms with Gasteiger partial charge in [0.2, 0.25) is 0 Å². The van der Waals surface area contributed by atoms with Gasteiger partial charge in [-0.2, -0.15) is 0 Å². The molecule has 0 aromatic carbocycles. The molecule has 5 rings (SSSR count). The first-order valence-electron chi connectivity index (χ1n) is 10.1. The van der Waals surface area contributed by atoms with Crippen LogP contribution in [0.1, 0.15) is 52.2 Å². The number of fused-ring (bicyclic) bond motifs is 2. The Hall–Kier alpha value is -3.14. The summed E-state index contributed by atoms with van der Waals surface area (Å²) in [7, 11) is 0. The standard InChI is InChI=1S/C21H20F2N4O4/c1-10-9-31-21-3-2-11(4-12-14(22)6-25-7-15(12)23)18(21)26-8-13(19(24)29)17(28)5-16(26)20(30)27(10)21/h5-8,10-11,18H,2-4,9H2,1H3,(H2,24,29). The van der Waals surface area contributed by atoms with Crippen LogP contribution >= 0.6 is 0 Å². The van der Waals surface area contributed by atoms with Gasteiger partial charge in [-0.25, -0.2) is 8.78 Å². The largest absolute Gasteiger partial charge is 0.365 e. The molecule has 10 heteroatoms. The molecule has 4 heterocycles. The molecule has 1 saturated heterocycles. The first kappa shape index (κ1) is 19.8. The van der Waals surface area contributed by atoms with Crippen LogP contribution in [-0.2, 0) is 11.2 Å². The van der Waals surface area contributed by atoms with E-state index in [1.54, 1.807) is 9.47 Å². The van der Waals surface area contributed by atoms with Crippen LogP contribution in [0.3, 0.4) is 0 Å². The van der Waals surface area contributed by atoms with Gasteiger partial charge < -0.3 is 19.9 Å². The van der Waals surface area contributed by atoms with E-state index in [4.69, 9.17) is 10.5 Å². The summed E-state index contributed by atoms with van der Waals surface area (Å²) < 4.78 is 36.4. The van der Waals surface area contributed by atoms with Crippen molar-refractivity contribution in [3.8, 4) is 0 Å². The molecule has 2 aromatic heterocycles. The molecule has 2 aliphatic heterocycles. The summed E-state index contributed by atoms with van der Waals surface area (Å²) in [6, 6.07) is 0.332. The molecule has 2 aromatic rings. The minimum absolute atomic E-state index is 0.0455. The van der Waals surface area contributed by atoms with Crippen molar-refractivity contribution in [2.45, 2.75) is 44.0 Å². The van der Waals surface area contributed by atoms with Crippen molar-refractivity contribution in [3.05, 3.63) is 63.3 Å². The lowest BCUT2D eigenvalue weighted by atomic mass is 9.89. The van der Waals surface area contributed by atoms with Gasteiger partial charge in [-0.1, -0.05) is 0 Å². The van der Waals surface area contributed by atoms with Gasteiger partial charge in [-0.05, 0) is 32.1 Å². The second-order valence-electron chi connectivity index (χ2n) is 8.42. The molecule has 3 aliphatic rings. The normalized spacial score (nSPS) is 28.9. The van der Waals surface area contributed by atoms with Crippen molar-refractivity contribution in [3.63, 3.8) is 0 Å². The Balaban J connectivity index is 1.69. The molecule has 1 saturated carbocycles. The maximum Gasteiger partial charge on any atom is 0.273 e. The molecule has 0 radical (unpaired) electrons. The fourth-order valence-corrected chi connectivity index (χ4v) is 5.45. The lowest BCUT2D eigenvalue weighted by Crippen LogP contribution is -2.59. The Morgan fingerprint density at radius 1 is 1.32 bits per heavy atom. The van der Waals surface area contributed by atoms with E-state index in [0.29, 0.717) is 19.4 Å². The number of carbonyl (C=O) groups excluding carboxylic acids is 2. The highest BCUT2D eigenvalue weighted by Crippen LogP contribution is 2.55. The molecule has 8 nitrogen and oxygen atoms in total. The molecule has 162 valence electrons. The van der Waals surface area contributed by atoms with Crippen LogP contribution in [-0.4, -0.2) is 44.6 Å². The molecule has 4 atom stereocenters. The Morgan fingerprint density at radius 2 is 2.03 bits per heavy atom. The molecule has 0 bridgehead atoms. The van der Waals surface area contributed by atoms with E-state index in [-0.39, 0.29) is 41.1 Å². The zero-order chi connectivity index (χ0) is 22.1. The van der Waals surface area contributed by atoms with Crippen molar-refractivity contribution in [1.82, 2.24) is 14.5 Å². The van der Waals surface area contributed by atoms with Gasteiger partial charge in [0.1, 0.15) is 22.9 Å². The third kappa shape index (κ3) is 2.67. The second kappa shape index (κ2) is 6.68. The van der Waals surface area contributed by atoms with Crippen LogP contribution in [0.5, 0.6) is 0 Å². The topological polar surface area (TPSA) is 108 Å². The van der Waals surface area contributed by atoms with Gasteiger partial charge in [0.25, 0.3) is 11.8 Å². The molecule has 2 N–H and O–H groups in total. The van der Waals surface area contributed by atoms with Crippen molar-refractivity contribution in [2.24, 2.45) is 11.7 Å². The van der Waals surface area contributed by atoms with Gasteiger partial charge in [-0.3, -0.25) is 19.4 Å². The van der Waals surface area contributed by atoms with Crippen LogP contribution in [0.4, 0.5) is 8.78 Å². The fourth-order valence-electron chi connectivity index (χ4n) is 5.45. The van der Waals surface area contributed by atoms with E-state index in [1.807, 2.05) is 6.92 Å². The summed E-state index contributed by atoms with van der Waals surface area (Å²) >= 11 is 0. The van der Waals surface area contributed by atoms with Gasteiger partial charge in [-0.15, -0.1) is 0 Å². The van der Waals surface area contributed by atoms with E-state index in [1.165, 1.54) is 6.20 Å². The van der Waals surface area contributed by atoms with E-state index in [9.17, 15) is 23.2 Å². The summed E-state index contributed by atoms with van der Waals surface area (Å²) in [6.45, 7) is 2.15. The number of halogens is 2. The fraction of sp³-hybridized carbons (Fsp3) is 0.429. The number of ether oxygens (including phenoxy) is 1. The number of pyridine rings is 2. The summed E-state index contributed by atoms with van der Waals surface area (Å²) in [6.07, 6.45) is 4.24. The van der Waals surface area contributed by atoms with Crippen LogP contribution < -0.4 is 11.2 Å². The lowest BCUT2D eigenvalue weighted by Gasteiger charge is -2.47. The van der Waals surface area contributed by atoms with Gasteiger partial charge in [0.05, 0.1) is 31.1 Å². The molecule has 2 amide bonds. The SMILES string of the molecule is CC1COC23CCC(Cc4c(F)cncc4F)C2n2cc(C(N)=O)c(=O)cc2C(=O)N13. The van der Waals surface area contributed by atoms with Crippen molar-refractivity contribution in [1.29, 1.82) is 0 Å². The Morgan fingerprint density at radius 3 is 2.71 bits per heavy atom. The number of carbonyl (C=O) groups is 2. The summed E-state index contributed by atoms with van der Waals surface area (Å²) in [5.41, 5.74) is 3.46. The van der Waals surface area contributed by atoms with Crippen LogP contribution in [0.2, 0.25) is 0 Å². The minimum Gasteiger partial charge on any atom is -0.365 e. The number of aromatic nitrogens is 2. The molecule has 31 heavy (non-hydrogen) atoms. The average Bonchev–Trinajstić information content (AvgIpc) is 3.25. The van der Waals surface area contributed by atoms with E-state index in [2.05, 4.69) is 4.98 Å². The summed E-state index contributed by atoms with van der Waals surface area (Å²) in [5, 5.41) is 0. The predicted octanol–water partition coefficient (Wildman–Crippen LogP) is 1.39. The number of nitrogens with two attached hydrogens (primary N) is 1. The Labute approximate surface area is 175 Å². The van der Waals surface area contributed by atoms with E-state index < -0.39 is 34.7 Å². The molecule has 4 unspecified atom stereocenters. The zero-order valence-corrected chi connectivity index (χ0v) is 16.7. The maximum absolute atomic E-state index is 14.3. The zero-order valence-electron chi connectivity index (χ0n) is 16.7. The highest BCUT2D eigenvalue weighted by Gasteiger charge is 2.63. The van der Waals surface area contributed by atoms with E-state index >= 15 is 0 Å². The van der Waals surface area contributed by atoms with Crippen molar-refractivity contribution < 1.29 is 23.1 Å². The molecule has 1 spiro atoms. The van der Waals surface area contributed by atoms with Crippen LogP contribution in [0, 0.1) is 17.6 Å². The first-order valence-corrected chi connectivity index (χ1v) is 10.1. The minimum atomic E-state index is -1.02. The smallest absolute Gasteiger partial charge is 0.273 e. The first-order chi connectivity index (χ1) is 14.7. The van der Waals surface area contributed by atoms with Gasteiger partial charge in [0.15, 0.2) is 11.2 Å². The van der Waals surface area contributed by atoms with E-state index in [0.717, 1.165) is 18.5 Å². The number of nitrogens with zero attached hydrogens (tertiary/aromatic N) is 3. The summed E-state index contributed by atoms with van der Waals surface area (Å²) in [4.78, 5) is 42.6. The highest BCUT2D eigenvalue weighted by molar-refractivity contribution is 5.97. The second-order valence-corrected chi connectivity index (χ2v) is 8.42. The number of rotatable bonds is 3. The molecular weight excluding hydrogens is 410 g/mol. The van der Waals surface area contributed by atoms with Crippen molar-refractivity contribution >= 4 is 11.8 Å². The monoisotopic (exact) mass is 430 g/mol.